The van der Waals surface area contributed by atoms with E-state index in [1.807, 2.05) is 6.07 Å². The van der Waals surface area contributed by atoms with Crippen molar-refractivity contribution in [3.63, 3.8) is 0 Å². The predicted molar refractivity (Wildman–Crippen MR) is 72.5 cm³/mol. The Labute approximate surface area is 123 Å². The number of nitrogens with zero attached hydrogens (tertiary/aromatic N) is 3. The number of aliphatic hydroxyl groups excluding tert-OH is 3. The van der Waals surface area contributed by atoms with Crippen LogP contribution in [0, 0.1) is 11.3 Å². The molecule has 10 nitrogen and oxygen atoms in total. The SMILES string of the molecule is N#Cc1cn(C2OC(CO)[C@@H](O)[C@H]2O)c2nc(N)[nH]c(=O)c12. The van der Waals surface area contributed by atoms with E-state index in [0.717, 1.165) is 0 Å². The molecular weight excluding hydrogens is 294 g/mol. The predicted octanol–water partition coefficient (Wildman–Crippen LogP) is -2.21. The second kappa shape index (κ2) is 5.08. The Bertz CT molecular complexity index is 822. The maximum Gasteiger partial charge on any atom is 0.263 e. The Kier molecular flexibility index (Phi) is 3.34. The largest absolute Gasteiger partial charge is 0.394 e. The molecule has 0 spiro atoms. The molecule has 10 heteroatoms. The maximum atomic E-state index is 11.9. The van der Waals surface area contributed by atoms with Gasteiger partial charge in [-0.25, -0.2) is 0 Å². The third-order valence-corrected chi connectivity index (χ3v) is 3.61. The van der Waals surface area contributed by atoms with Gasteiger partial charge in [0.1, 0.15) is 29.8 Å². The number of hydrogen-bond donors (Lipinski definition) is 5. The highest BCUT2D eigenvalue weighted by molar-refractivity contribution is 5.83. The van der Waals surface area contributed by atoms with Crippen molar-refractivity contribution >= 4 is 17.0 Å². The first-order chi connectivity index (χ1) is 10.5. The van der Waals surface area contributed by atoms with Gasteiger partial charge >= 0.3 is 0 Å². The van der Waals surface area contributed by atoms with Crippen LogP contribution < -0.4 is 11.3 Å². The van der Waals surface area contributed by atoms with E-state index in [0.29, 0.717) is 0 Å². The number of nitriles is 1. The number of hydrogen-bond acceptors (Lipinski definition) is 8. The summed E-state index contributed by atoms with van der Waals surface area (Å²) < 4.78 is 6.63. The molecule has 6 N–H and O–H groups in total. The molecule has 116 valence electrons. The zero-order valence-corrected chi connectivity index (χ0v) is 11.2. The van der Waals surface area contributed by atoms with Gasteiger partial charge in [-0.2, -0.15) is 10.2 Å². The van der Waals surface area contributed by atoms with Gasteiger partial charge in [-0.1, -0.05) is 0 Å². The first kappa shape index (κ1) is 14.5. The fourth-order valence-corrected chi connectivity index (χ4v) is 2.56. The second-order valence-corrected chi connectivity index (χ2v) is 4.94. The third kappa shape index (κ3) is 1.96. The van der Waals surface area contributed by atoms with E-state index in [9.17, 15) is 15.0 Å². The molecule has 0 bridgehead atoms. The summed E-state index contributed by atoms with van der Waals surface area (Å²) in [7, 11) is 0. The zero-order valence-electron chi connectivity index (χ0n) is 11.2. The van der Waals surface area contributed by atoms with Gasteiger partial charge in [0.05, 0.1) is 12.2 Å². The van der Waals surface area contributed by atoms with Crippen molar-refractivity contribution in [2.45, 2.75) is 24.5 Å². The number of nitrogens with one attached hydrogen (secondary N) is 1. The van der Waals surface area contributed by atoms with Crippen molar-refractivity contribution in [3.05, 3.63) is 22.1 Å². The van der Waals surface area contributed by atoms with Crippen LogP contribution in [-0.4, -0.2) is 54.8 Å². The number of H-pyrrole nitrogens is 1. The lowest BCUT2D eigenvalue weighted by molar-refractivity contribution is -0.0508. The Morgan fingerprint density at radius 3 is 2.82 bits per heavy atom. The van der Waals surface area contributed by atoms with Crippen molar-refractivity contribution in [2.75, 3.05) is 12.3 Å². The number of ether oxygens (including phenoxy) is 1. The highest BCUT2D eigenvalue weighted by atomic mass is 16.6. The van der Waals surface area contributed by atoms with Gasteiger partial charge < -0.3 is 30.4 Å². The van der Waals surface area contributed by atoms with E-state index in [2.05, 4.69) is 9.97 Å². The molecule has 0 amide bonds. The first-order valence-corrected chi connectivity index (χ1v) is 6.40. The quantitative estimate of drug-likeness (QED) is 0.415. The van der Waals surface area contributed by atoms with Crippen molar-refractivity contribution in [2.24, 2.45) is 0 Å². The molecule has 2 aromatic heterocycles. The smallest absolute Gasteiger partial charge is 0.263 e. The van der Waals surface area contributed by atoms with Gasteiger partial charge in [-0.05, 0) is 0 Å². The second-order valence-electron chi connectivity index (χ2n) is 4.94. The van der Waals surface area contributed by atoms with Crippen molar-refractivity contribution < 1.29 is 20.1 Å². The first-order valence-electron chi connectivity index (χ1n) is 6.40. The van der Waals surface area contributed by atoms with Crippen molar-refractivity contribution in [1.29, 1.82) is 5.26 Å². The lowest BCUT2D eigenvalue weighted by Crippen LogP contribution is -2.33. The minimum atomic E-state index is -1.36. The average Bonchev–Trinajstić information content (AvgIpc) is 2.98. The summed E-state index contributed by atoms with van der Waals surface area (Å²) in [6.07, 6.45) is -3.47. The highest BCUT2D eigenvalue weighted by Crippen LogP contribution is 2.32. The van der Waals surface area contributed by atoms with Crippen LogP contribution >= 0.6 is 0 Å². The zero-order chi connectivity index (χ0) is 16.0. The van der Waals surface area contributed by atoms with Crippen LogP contribution in [0.1, 0.15) is 11.8 Å². The molecular formula is C12H13N5O5. The summed E-state index contributed by atoms with van der Waals surface area (Å²) in [5, 5.41) is 38.1. The number of aromatic nitrogens is 3. The fraction of sp³-hybridized carbons (Fsp3) is 0.417. The van der Waals surface area contributed by atoms with E-state index >= 15 is 0 Å². The number of aliphatic hydroxyl groups is 3. The summed E-state index contributed by atoms with van der Waals surface area (Å²) in [6, 6.07) is 1.85. The number of nitrogen functional groups attached to an aromatic ring is 1. The molecule has 1 fully saturated rings. The van der Waals surface area contributed by atoms with Gasteiger partial charge in [0.15, 0.2) is 11.9 Å². The lowest BCUT2D eigenvalue weighted by Gasteiger charge is -2.17. The Balaban J connectivity index is 2.20. The number of aromatic amines is 1. The van der Waals surface area contributed by atoms with Gasteiger partial charge in [0.25, 0.3) is 5.56 Å². The topological polar surface area (TPSA) is 170 Å². The van der Waals surface area contributed by atoms with E-state index in [-0.39, 0.29) is 22.5 Å². The number of nitrogens with two attached hydrogens (primary N) is 1. The third-order valence-electron chi connectivity index (χ3n) is 3.61. The van der Waals surface area contributed by atoms with Crippen LogP contribution in [0.25, 0.3) is 11.0 Å². The Hall–Kier alpha value is -2.45. The van der Waals surface area contributed by atoms with E-state index in [1.165, 1.54) is 10.8 Å². The van der Waals surface area contributed by atoms with Crippen LogP contribution in [0.3, 0.4) is 0 Å². The summed E-state index contributed by atoms with van der Waals surface area (Å²) in [5.41, 5.74) is 4.99. The van der Waals surface area contributed by atoms with Crippen LogP contribution in [0.15, 0.2) is 11.0 Å². The molecule has 4 atom stereocenters. The fourth-order valence-electron chi connectivity index (χ4n) is 2.56. The van der Waals surface area contributed by atoms with Crippen LogP contribution in [-0.2, 0) is 4.74 Å². The molecule has 0 radical (unpaired) electrons. The minimum absolute atomic E-state index is 0.00874. The average molecular weight is 307 g/mol. The molecule has 2 aromatic rings. The molecule has 0 saturated carbocycles. The number of fused-ring (bicyclic) bond motifs is 1. The van der Waals surface area contributed by atoms with Crippen LogP contribution in [0.5, 0.6) is 0 Å². The molecule has 0 aromatic carbocycles. The normalized spacial score (nSPS) is 28.1. The Morgan fingerprint density at radius 1 is 1.50 bits per heavy atom. The molecule has 1 aliphatic heterocycles. The maximum absolute atomic E-state index is 11.9. The van der Waals surface area contributed by atoms with Crippen LogP contribution in [0.2, 0.25) is 0 Å². The van der Waals surface area contributed by atoms with E-state index in [4.69, 9.17) is 20.8 Å². The number of rotatable bonds is 2. The van der Waals surface area contributed by atoms with Gasteiger partial charge in [-0.3, -0.25) is 9.78 Å². The molecule has 1 saturated heterocycles. The molecule has 0 aliphatic carbocycles. The highest BCUT2D eigenvalue weighted by Gasteiger charge is 2.44. The van der Waals surface area contributed by atoms with Crippen molar-refractivity contribution in [1.82, 2.24) is 14.5 Å². The molecule has 3 rings (SSSR count). The van der Waals surface area contributed by atoms with E-state index in [1.54, 1.807) is 0 Å². The van der Waals surface area contributed by atoms with Gasteiger partial charge in [0.2, 0.25) is 5.95 Å². The van der Waals surface area contributed by atoms with Crippen molar-refractivity contribution in [3.8, 4) is 6.07 Å². The molecule has 22 heavy (non-hydrogen) atoms. The summed E-state index contributed by atoms with van der Waals surface area (Å²) in [4.78, 5) is 18.2. The Morgan fingerprint density at radius 2 is 2.23 bits per heavy atom. The van der Waals surface area contributed by atoms with E-state index < -0.39 is 36.7 Å². The molecule has 2 unspecified atom stereocenters. The summed E-state index contributed by atoms with van der Waals surface area (Å²) in [5.74, 6) is -0.159. The monoisotopic (exact) mass is 307 g/mol. The van der Waals surface area contributed by atoms with Gasteiger partial charge in [-0.15, -0.1) is 0 Å². The van der Waals surface area contributed by atoms with Gasteiger partial charge in [0, 0.05) is 6.20 Å². The van der Waals surface area contributed by atoms with Crippen LogP contribution in [0.4, 0.5) is 5.95 Å². The molecule has 3 heterocycles. The lowest BCUT2D eigenvalue weighted by atomic mass is 10.1. The number of anilines is 1. The standard InChI is InChI=1S/C12H13N5O5/c13-1-4-2-17(9-6(4)10(21)16-12(14)15-9)11-8(20)7(19)5(3-18)22-11/h2,5,7-8,11,18-20H,3H2,(H3,14,15,16,21)/t5?,7-,8-,11?/m1/s1. The minimum Gasteiger partial charge on any atom is -0.394 e. The summed E-state index contributed by atoms with van der Waals surface area (Å²) in [6.45, 7) is -0.491. The molecule has 1 aliphatic rings. The summed E-state index contributed by atoms with van der Waals surface area (Å²) >= 11 is 0.